The molecule has 1 aliphatic rings. The number of carbonyl (C=O) groups excluding carboxylic acids is 1. The number of ether oxygens (including phenoxy) is 2. The molecular weight excluding hydrogens is 626 g/mol. The summed E-state index contributed by atoms with van der Waals surface area (Å²) < 4.78 is 14.4. The SMILES string of the molecule is CCCSc1nc2n(n1)C(c1cc(Br)ccc1OCc1ccc(Cl)cc1)C(C(=O)Nc1ccccc1OC)=C(C)N2. The normalized spacial score (nSPS) is 14.3. The summed E-state index contributed by atoms with van der Waals surface area (Å²) in [4.78, 5) is 18.8. The molecule has 2 N–H and O–H groups in total. The molecule has 1 amide bonds. The van der Waals surface area contributed by atoms with Crippen LogP contribution in [0.2, 0.25) is 5.02 Å². The quantitative estimate of drug-likeness (QED) is 0.169. The maximum Gasteiger partial charge on any atom is 0.255 e. The Morgan fingerprint density at radius 1 is 1.15 bits per heavy atom. The predicted molar refractivity (Wildman–Crippen MR) is 167 cm³/mol. The van der Waals surface area contributed by atoms with E-state index < -0.39 is 6.04 Å². The Labute approximate surface area is 256 Å². The van der Waals surface area contributed by atoms with Crippen molar-refractivity contribution < 1.29 is 14.3 Å². The van der Waals surface area contributed by atoms with Crippen LogP contribution in [0, 0.1) is 0 Å². The molecule has 212 valence electrons. The number of hydrogen-bond donors (Lipinski definition) is 2. The number of rotatable bonds is 10. The Morgan fingerprint density at radius 2 is 1.93 bits per heavy atom. The summed E-state index contributed by atoms with van der Waals surface area (Å²) in [5.41, 5.74) is 3.44. The largest absolute Gasteiger partial charge is 0.495 e. The van der Waals surface area contributed by atoms with Crippen molar-refractivity contribution in [3.8, 4) is 11.5 Å². The van der Waals surface area contributed by atoms with Crippen molar-refractivity contribution in [1.29, 1.82) is 0 Å². The second-order valence-electron chi connectivity index (χ2n) is 9.33. The number of amides is 1. The summed E-state index contributed by atoms with van der Waals surface area (Å²) in [6.07, 6.45) is 0.990. The van der Waals surface area contributed by atoms with Crippen LogP contribution in [-0.2, 0) is 11.4 Å². The van der Waals surface area contributed by atoms with Gasteiger partial charge in [-0.15, -0.1) is 5.10 Å². The van der Waals surface area contributed by atoms with E-state index in [0.717, 1.165) is 27.8 Å². The van der Waals surface area contributed by atoms with Crippen molar-refractivity contribution in [3.63, 3.8) is 0 Å². The third kappa shape index (κ3) is 6.55. The molecule has 0 saturated heterocycles. The monoisotopic (exact) mass is 653 g/mol. The average molecular weight is 655 g/mol. The highest BCUT2D eigenvalue weighted by Crippen LogP contribution is 2.42. The predicted octanol–water partition coefficient (Wildman–Crippen LogP) is 7.71. The van der Waals surface area contributed by atoms with E-state index in [2.05, 4.69) is 33.5 Å². The van der Waals surface area contributed by atoms with Crippen LogP contribution >= 0.6 is 39.3 Å². The molecule has 3 aromatic carbocycles. The van der Waals surface area contributed by atoms with E-state index in [4.69, 9.17) is 31.2 Å². The zero-order chi connectivity index (χ0) is 28.9. The zero-order valence-electron chi connectivity index (χ0n) is 22.8. The number of hydrogen-bond acceptors (Lipinski definition) is 7. The van der Waals surface area contributed by atoms with Crippen molar-refractivity contribution in [3.05, 3.63) is 98.6 Å². The maximum absolute atomic E-state index is 14.0. The highest BCUT2D eigenvalue weighted by atomic mass is 79.9. The van der Waals surface area contributed by atoms with E-state index in [-0.39, 0.29) is 5.91 Å². The molecule has 1 unspecified atom stereocenters. The molecule has 0 bridgehead atoms. The van der Waals surface area contributed by atoms with E-state index in [1.54, 1.807) is 35.7 Å². The molecule has 0 radical (unpaired) electrons. The lowest BCUT2D eigenvalue weighted by atomic mass is 9.94. The van der Waals surface area contributed by atoms with Crippen LogP contribution in [0.5, 0.6) is 11.5 Å². The van der Waals surface area contributed by atoms with E-state index in [1.807, 2.05) is 61.5 Å². The average Bonchev–Trinajstić information content (AvgIpc) is 3.38. The summed E-state index contributed by atoms with van der Waals surface area (Å²) in [5, 5.41) is 12.5. The van der Waals surface area contributed by atoms with Crippen LogP contribution in [0.15, 0.2) is 87.6 Å². The summed E-state index contributed by atoms with van der Waals surface area (Å²) >= 11 is 11.3. The third-order valence-electron chi connectivity index (χ3n) is 6.44. The fourth-order valence-corrected chi connectivity index (χ4v) is 5.70. The number of methoxy groups -OCH3 is 1. The molecule has 0 saturated carbocycles. The van der Waals surface area contributed by atoms with Crippen molar-refractivity contribution in [2.24, 2.45) is 0 Å². The summed E-state index contributed by atoms with van der Waals surface area (Å²) in [6, 6.07) is 20.0. The van der Waals surface area contributed by atoms with Crippen LogP contribution in [0.3, 0.4) is 0 Å². The van der Waals surface area contributed by atoms with Gasteiger partial charge in [0.05, 0.1) is 18.4 Å². The molecule has 5 rings (SSSR count). The number of thioether (sulfide) groups is 1. The number of halogens is 2. The molecule has 41 heavy (non-hydrogen) atoms. The number of nitrogens with one attached hydrogen (secondary N) is 2. The number of allylic oxidation sites excluding steroid dienone is 1. The van der Waals surface area contributed by atoms with Gasteiger partial charge in [-0.1, -0.05) is 70.5 Å². The fraction of sp³-hybridized carbons (Fsp3) is 0.233. The second-order valence-corrected chi connectivity index (χ2v) is 11.7. The van der Waals surface area contributed by atoms with Gasteiger partial charge >= 0.3 is 0 Å². The Kier molecular flexibility index (Phi) is 9.22. The van der Waals surface area contributed by atoms with Gasteiger partial charge in [0.15, 0.2) is 0 Å². The first-order valence-electron chi connectivity index (χ1n) is 13.1. The van der Waals surface area contributed by atoms with Crippen molar-refractivity contribution in [2.45, 2.75) is 38.1 Å². The van der Waals surface area contributed by atoms with Crippen LogP contribution in [0.4, 0.5) is 11.6 Å². The molecule has 2 heterocycles. The van der Waals surface area contributed by atoms with Gasteiger partial charge in [0, 0.05) is 26.5 Å². The number of benzene rings is 3. The zero-order valence-corrected chi connectivity index (χ0v) is 25.9. The lowest BCUT2D eigenvalue weighted by Crippen LogP contribution is -2.32. The van der Waals surface area contributed by atoms with Gasteiger partial charge in [0.2, 0.25) is 11.1 Å². The lowest BCUT2D eigenvalue weighted by Gasteiger charge is -2.30. The van der Waals surface area contributed by atoms with Crippen LogP contribution in [0.1, 0.15) is 37.4 Å². The van der Waals surface area contributed by atoms with Gasteiger partial charge in [0.25, 0.3) is 5.91 Å². The second kappa shape index (κ2) is 13.0. The number of anilines is 2. The number of nitrogens with zero attached hydrogens (tertiary/aromatic N) is 3. The molecule has 1 aromatic heterocycles. The maximum atomic E-state index is 14.0. The topological polar surface area (TPSA) is 90.3 Å². The smallest absolute Gasteiger partial charge is 0.255 e. The number of carbonyl (C=O) groups is 1. The Bertz CT molecular complexity index is 1590. The van der Waals surface area contributed by atoms with Gasteiger partial charge < -0.3 is 20.1 Å². The molecule has 1 atom stereocenters. The van der Waals surface area contributed by atoms with E-state index in [0.29, 0.717) is 51.2 Å². The molecule has 0 fully saturated rings. The van der Waals surface area contributed by atoms with E-state index in [9.17, 15) is 4.79 Å². The first-order chi connectivity index (χ1) is 19.9. The number of fused-ring (bicyclic) bond motifs is 1. The first-order valence-corrected chi connectivity index (χ1v) is 15.2. The van der Waals surface area contributed by atoms with Crippen molar-refractivity contribution in [1.82, 2.24) is 14.8 Å². The van der Waals surface area contributed by atoms with Crippen LogP contribution < -0.4 is 20.1 Å². The summed E-state index contributed by atoms with van der Waals surface area (Å²) in [7, 11) is 1.57. The molecule has 0 spiro atoms. The minimum absolute atomic E-state index is 0.294. The minimum Gasteiger partial charge on any atom is -0.495 e. The summed E-state index contributed by atoms with van der Waals surface area (Å²) in [6.45, 7) is 4.30. The Balaban J connectivity index is 1.58. The molecule has 4 aromatic rings. The van der Waals surface area contributed by atoms with Crippen molar-refractivity contribution >= 4 is 56.8 Å². The number of para-hydroxylation sites is 2. The lowest BCUT2D eigenvalue weighted by molar-refractivity contribution is -0.113. The van der Waals surface area contributed by atoms with E-state index in [1.165, 1.54) is 0 Å². The minimum atomic E-state index is -0.623. The Morgan fingerprint density at radius 3 is 2.68 bits per heavy atom. The van der Waals surface area contributed by atoms with Crippen LogP contribution in [0.25, 0.3) is 0 Å². The van der Waals surface area contributed by atoms with Gasteiger partial charge in [-0.25, -0.2) is 4.68 Å². The third-order valence-corrected chi connectivity index (χ3v) is 8.23. The molecule has 0 aliphatic carbocycles. The Hall–Kier alpha value is -3.47. The summed E-state index contributed by atoms with van der Waals surface area (Å²) in [5.74, 6) is 2.33. The van der Waals surface area contributed by atoms with Crippen molar-refractivity contribution in [2.75, 3.05) is 23.5 Å². The van der Waals surface area contributed by atoms with E-state index >= 15 is 0 Å². The van der Waals surface area contributed by atoms with Gasteiger partial charge in [-0.2, -0.15) is 4.98 Å². The first kappa shape index (κ1) is 29.0. The van der Waals surface area contributed by atoms with Gasteiger partial charge in [0.1, 0.15) is 24.1 Å². The van der Waals surface area contributed by atoms with Gasteiger partial charge in [-0.05, 0) is 61.4 Å². The number of aromatic nitrogens is 3. The van der Waals surface area contributed by atoms with Crippen LogP contribution in [-0.4, -0.2) is 33.5 Å². The highest BCUT2D eigenvalue weighted by Gasteiger charge is 2.36. The molecule has 8 nitrogen and oxygen atoms in total. The fourth-order valence-electron chi connectivity index (χ4n) is 4.51. The standard InChI is InChI=1S/C30H29BrClN5O3S/c1-4-15-41-30-35-29-33-18(2)26(28(38)34-23-7-5-6-8-25(23)39-3)27(37(29)36-30)22-16-20(31)11-14-24(22)40-17-19-9-12-21(32)13-10-19/h5-14,16,27H,4,15,17H2,1-3H3,(H,34,38)(H,33,35,36). The molecular formula is C30H29BrClN5O3S. The van der Waals surface area contributed by atoms with Gasteiger partial charge in [-0.3, -0.25) is 4.79 Å². The molecule has 1 aliphatic heterocycles. The highest BCUT2D eigenvalue weighted by molar-refractivity contribution is 9.10. The molecule has 11 heteroatoms.